The SMILES string of the molecule is O=C([O-])CSc1ccc2c3c(cccc13)C(=O)c1ccccc1-2. The monoisotopic (exact) mass is 319 g/mol. The van der Waals surface area contributed by atoms with Gasteiger partial charge in [-0.25, -0.2) is 0 Å². The number of carboxylic acids is 1. The number of aliphatic carboxylic acids is 1. The van der Waals surface area contributed by atoms with E-state index < -0.39 is 5.97 Å². The molecule has 1 aliphatic carbocycles. The summed E-state index contributed by atoms with van der Waals surface area (Å²) in [5.41, 5.74) is 3.33. The van der Waals surface area contributed by atoms with Crippen LogP contribution in [0, 0.1) is 0 Å². The predicted molar refractivity (Wildman–Crippen MR) is 88.5 cm³/mol. The summed E-state index contributed by atoms with van der Waals surface area (Å²) in [5.74, 6) is -1.19. The Kier molecular flexibility index (Phi) is 3.20. The Morgan fingerprint density at radius 1 is 0.870 bits per heavy atom. The van der Waals surface area contributed by atoms with Crippen molar-refractivity contribution in [3.05, 3.63) is 65.7 Å². The fourth-order valence-corrected chi connectivity index (χ4v) is 3.88. The number of thioether (sulfide) groups is 1. The zero-order valence-corrected chi connectivity index (χ0v) is 12.9. The highest BCUT2D eigenvalue weighted by molar-refractivity contribution is 8.00. The number of benzene rings is 3. The van der Waals surface area contributed by atoms with E-state index in [1.54, 1.807) is 0 Å². The molecule has 0 saturated heterocycles. The van der Waals surface area contributed by atoms with Crippen molar-refractivity contribution in [2.24, 2.45) is 0 Å². The van der Waals surface area contributed by atoms with Crippen molar-refractivity contribution in [3.63, 3.8) is 0 Å². The molecular formula is C19H11O3S-. The van der Waals surface area contributed by atoms with Gasteiger partial charge in [-0.2, -0.15) is 0 Å². The van der Waals surface area contributed by atoms with E-state index in [1.807, 2.05) is 54.6 Å². The Morgan fingerprint density at radius 2 is 1.61 bits per heavy atom. The lowest BCUT2D eigenvalue weighted by Gasteiger charge is -2.21. The van der Waals surface area contributed by atoms with Crippen molar-refractivity contribution in [3.8, 4) is 11.1 Å². The predicted octanol–water partition coefficient (Wildman–Crippen LogP) is 2.89. The largest absolute Gasteiger partial charge is 0.549 e. The van der Waals surface area contributed by atoms with Crippen LogP contribution in [0.3, 0.4) is 0 Å². The van der Waals surface area contributed by atoms with Gasteiger partial charge in [-0.05, 0) is 22.6 Å². The second-order valence-corrected chi connectivity index (χ2v) is 6.39. The topological polar surface area (TPSA) is 57.2 Å². The first kappa shape index (κ1) is 14.0. The summed E-state index contributed by atoms with van der Waals surface area (Å²) in [5, 5.41) is 12.6. The number of carbonyl (C=O) groups excluding carboxylic acids is 2. The molecule has 0 N–H and O–H groups in total. The number of fused-ring (bicyclic) bond motifs is 2. The highest BCUT2D eigenvalue weighted by atomic mass is 32.2. The number of hydrogen-bond acceptors (Lipinski definition) is 4. The summed E-state index contributed by atoms with van der Waals surface area (Å²) in [6.07, 6.45) is 0. The van der Waals surface area contributed by atoms with E-state index in [0.29, 0.717) is 11.1 Å². The highest BCUT2D eigenvalue weighted by Gasteiger charge is 2.25. The van der Waals surface area contributed by atoms with Crippen molar-refractivity contribution >= 4 is 34.3 Å². The van der Waals surface area contributed by atoms with Gasteiger partial charge in [0.2, 0.25) is 0 Å². The first-order valence-electron chi connectivity index (χ1n) is 7.19. The Balaban J connectivity index is 2.01. The molecule has 112 valence electrons. The van der Waals surface area contributed by atoms with Gasteiger partial charge in [-0.3, -0.25) is 4.79 Å². The van der Waals surface area contributed by atoms with Crippen LogP contribution in [0.4, 0.5) is 0 Å². The van der Waals surface area contributed by atoms with Crippen molar-refractivity contribution in [1.82, 2.24) is 0 Å². The minimum Gasteiger partial charge on any atom is -0.549 e. The van der Waals surface area contributed by atoms with E-state index in [2.05, 4.69) is 0 Å². The van der Waals surface area contributed by atoms with Crippen LogP contribution in [0.2, 0.25) is 0 Å². The van der Waals surface area contributed by atoms with Crippen LogP contribution in [0.1, 0.15) is 15.9 Å². The van der Waals surface area contributed by atoms with E-state index in [-0.39, 0.29) is 11.5 Å². The van der Waals surface area contributed by atoms with Crippen LogP contribution in [0.5, 0.6) is 0 Å². The third kappa shape index (κ3) is 2.14. The van der Waals surface area contributed by atoms with E-state index in [4.69, 9.17) is 0 Å². The first-order valence-corrected chi connectivity index (χ1v) is 8.18. The lowest BCUT2D eigenvalue weighted by atomic mass is 9.83. The molecule has 3 aromatic carbocycles. The normalized spacial score (nSPS) is 12.3. The van der Waals surface area contributed by atoms with Gasteiger partial charge in [0, 0.05) is 27.2 Å². The Morgan fingerprint density at radius 3 is 2.39 bits per heavy atom. The van der Waals surface area contributed by atoms with Crippen LogP contribution in [0.25, 0.3) is 21.9 Å². The molecule has 0 atom stereocenters. The summed E-state index contributed by atoms with van der Waals surface area (Å²) in [7, 11) is 0. The summed E-state index contributed by atoms with van der Waals surface area (Å²) in [4.78, 5) is 24.3. The number of carbonyl (C=O) groups is 2. The molecule has 0 amide bonds. The average Bonchev–Trinajstić information content (AvgIpc) is 2.58. The van der Waals surface area contributed by atoms with Crippen LogP contribution in [-0.4, -0.2) is 17.5 Å². The third-order valence-corrected chi connectivity index (χ3v) is 5.10. The van der Waals surface area contributed by atoms with Gasteiger partial charge < -0.3 is 9.90 Å². The summed E-state index contributed by atoms with van der Waals surface area (Å²) < 4.78 is 0. The van der Waals surface area contributed by atoms with E-state index in [0.717, 1.165) is 26.8 Å². The van der Waals surface area contributed by atoms with Gasteiger partial charge in [0.1, 0.15) is 0 Å². The maximum atomic E-state index is 12.8. The smallest absolute Gasteiger partial charge is 0.194 e. The molecule has 3 aromatic rings. The number of hydrogen-bond donors (Lipinski definition) is 0. The molecule has 0 aliphatic heterocycles. The maximum Gasteiger partial charge on any atom is 0.194 e. The highest BCUT2D eigenvalue weighted by Crippen LogP contribution is 2.42. The molecule has 0 fully saturated rings. The minimum absolute atomic E-state index is 0.0146. The number of ketones is 1. The molecule has 0 unspecified atom stereocenters. The maximum absolute atomic E-state index is 12.8. The molecule has 0 aromatic heterocycles. The molecule has 0 spiro atoms. The standard InChI is InChI=1S/C19H12O3S/c20-17(21)10-23-16-9-8-12-11-4-1-2-5-13(11)19(22)15-7-3-6-14(16)18(12)15/h1-9H,10H2,(H,20,21)/p-1. The van der Waals surface area contributed by atoms with Gasteiger partial charge in [0.15, 0.2) is 5.78 Å². The van der Waals surface area contributed by atoms with Crippen LogP contribution < -0.4 is 5.11 Å². The zero-order chi connectivity index (χ0) is 16.0. The fourth-order valence-electron chi connectivity index (χ4n) is 3.12. The second-order valence-electron chi connectivity index (χ2n) is 5.37. The van der Waals surface area contributed by atoms with Gasteiger partial charge >= 0.3 is 0 Å². The fraction of sp³-hybridized carbons (Fsp3) is 0.0526. The van der Waals surface area contributed by atoms with E-state index in [9.17, 15) is 14.7 Å². The lowest BCUT2D eigenvalue weighted by Crippen LogP contribution is -2.24. The molecule has 0 radical (unpaired) electrons. The van der Waals surface area contributed by atoms with Gasteiger partial charge in [0.25, 0.3) is 0 Å². The lowest BCUT2D eigenvalue weighted by molar-refractivity contribution is -0.301. The first-order chi connectivity index (χ1) is 11.2. The Labute approximate surface area is 136 Å². The molecule has 23 heavy (non-hydrogen) atoms. The number of rotatable bonds is 3. The van der Waals surface area contributed by atoms with Crippen molar-refractivity contribution in [2.45, 2.75) is 4.90 Å². The van der Waals surface area contributed by atoms with Crippen LogP contribution >= 0.6 is 11.8 Å². The van der Waals surface area contributed by atoms with Gasteiger partial charge in [-0.15, -0.1) is 11.8 Å². The molecule has 1 aliphatic rings. The molecule has 4 heteroatoms. The van der Waals surface area contributed by atoms with Gasteiger partial charge in [-0.1, -0.05) is 48.5 Å². The van der Waals surface area contributed by atoms with Gasteiger partial charge in [0.05, 0.1) is 5.97 Å². The zero-order valence-electron chi connectivity index (χ0n) is 12.0. The average molecular weight is 319 g/mol. The second kappa shape index (κ2) is 5.25. The van der Waals surface area contributed by atoms with E-state index in [1.165, 1.54) is 11.8 Å². The molecule has 0 saturated carbocycles. The van der Waals surface area contributed by atoms with Crippen LogP contribution in [-0.2, 0) is 4.79 Å². The summed E-state index contributed by atoms with van der Waals surface area (Å²) in [6, 6.07) is 17.1. The molecule has 0 heterocycles. The number of carboxylic acid groups (broad SMARTS) is 1. The third-order valence-electron chi connectivity index (χ3n) is 4.05. The quantitative estimate of drug-likeness (QED) is 0.545. The van der Waals surface area contributed by atoms with Crippen LogP contribution in [0.15, 0.2) is 59.5 Å². The molecule has 3 nitrogen and oxygen atoms in total. The van der Waals surface area contributed by atoms with E-state index >= 15 is 0 Å². The van der Waals surface area contributed by atoms with Crippen molar-refractivity contribution in [1.29, 1.82) is 0 Å². The minimum atomic E-state index is -1.10. The Hall–Kier alpha value is -2.59. The van der Waals surface area contributed by atoms with Crippen molar-refractivity contribution in [2.75, 3.05) is 5.75 Å². The Bertz CT molecular complexity index is 976. The summed E-state index contributed by atoms with van der Waals surface area (Å²) >= 11 is 1.22. The molecular weight excluding hydrogens is 308 g/mol. The summed E-state index contributed by atoms with van der Waals surface area (Å²) in [6.45, 7) is 0. The molecule has 4 rings (SSSR count). The van der Waals surface area contributed by atoms with Crippen molar-refractivity contribution < 1.29 is 14.7 Å². The molecule has 0 bridgehead atoms.